The fourth-order valence-corrected chi connectivity index (χ4v) is 4.11. The van der Waals surface area contributed by atoms with Gasteiger partial charge in [-0.15, -0.1) is 0 Å². The standard InChI is InChI=1S/C17H27ClFN3O3S/c1-13(2)17(22-7-9-25-10-8-22)11-20-26(23,24)21(3)12-14-15(18)5-4-6-16(14)19/h4-6,13,17,20H,7-12H2,1-3H3. The van der Waals surface area contributed by atoms with Crippen LogP contribution in [-0.4, -0.2) is 63.6 Å². The predicted molar refractivity (Wildman–Crippen MR) is 101 cm³/mol. The first-order chi connectivity index (χ1) is 12.2. The lowest BCUT2D eigenvalue weighted by Crippen LogP contribution is -2.52. The van der Waals surface area contributed by atoms with Gasteiger partial charge in [-0.2, -0.15) is 12.7 Å². The smallest absolute Gasteiger partial charge is 0.279 e. The molecule has 1 aromatic rings. The summed E-state index contributed by atoms with van der Waals surface area (Å²) >= 11 is 5.99. The van der Waals surface area contributed by atoms with Crippen molar-refractivity contribution in [1.82, 2.24) is 13.9 Å². The molecule has 148 valence electrons. The molecule has 0 aliphatic carbocycles. The summed E-state index contributed by atoms with van der Waals surface area (Å²) in [4.78, 5) is 2.24. The minimum atomic E-state index is -3.76. The molecule has 0 saturated carbocycles. The maximum atomic E-state index is 13.9. The van der Waals surface area contributed by atoms with Gasteiger partial charge in [-0.3, -0.25) is 4.90 Å². The SMILES string of the molecule is CC(C)C(CNS(=O)(=O)N(C)Cc1c(F)cccc1Cl)N1CCOCC1. The summed E-state index contributed by atoms with van der Waals surface area (Å²) in [5.41, 5.74) is 0.163. The fourth-order valence-electron chi connectivity index (χ4n) is 2.99. The fraction of sp³-hybridized carbons (Fsp3) is 0.647. The van der Waals surface area contributed by atoms with Gasteiger partial charge in [0, 0.05) is 49.9 Å². The number of ether oxygens (including phenoxy) is 1. The van der Waals surface area contributed by atoms with Crippen LogP contribution in [0.3, 0.4) is 0 Å². The van der Waals surface area contributed by atoms with Gasteiger partial charge in [-0.25, -0.2) is 9.11 Å². The van der Waals surface area contributed by atoms with Crippen molar-refractivity contribution in [1.29, 1.82) is 0 Å². The maximum absolute atomic E-state index is 13.9. The van der Waals surface area contributed by atoms with Gasteiger partial charge < -0.3 is 4.74 Å². The number of halogens is 2. The van der Waals surface area contributed by atoms with Gasteiger partial charge in [-0.1, -0.05) is 31.5 Å². The predicted octanol–water partition coefficient (Wildman–Crippen LogP) is 2.10. The molecule has 0 bridgehead atoms. The molecule has 26 heavy (non-hydrogen) atoms. The van der Waals surface area contributed by atoms with E-state index < -0.39 is 16.0 Å². The lowest BCUT2D eigenvalue weighted by molar-refractivity contribution is 0.00769. The summed E-state index contributed by atoms with van der Waals surface area (Å²) in [6, 6.07) is 4.37. The molecule has 1 heterocycles. The van der Waals surface area contributed by atoms with Crippen LogP contribution < -0.4 is 4.72 Å². The monoisotopic (exact) mass is 407 g/mol. The molecule has 1 atom stereocenters. The minimum Gasteiger partial charge on any atom is -0.379 e. The van der Waals surface area contributed by atoms with Gasteiger partial charge in [0.25, 0.3) is 10.2 Å². The Labute approximate surface area is 160 Å². The average Bonchev–Trinajstić information content (AvgIpc) is 2.58. The Bertz CT molecular complexity index is 676. The molecule has 1 fully saturated rings. The van der Waals surface area contributed by atoms with Gasteiger partial charge in [-0.05, 0) is 18.1 Å². The highest BCUT2D eigenvalue weighted by Gasteiger charge is 2.27. The van der Waals surface area contributed by atoms with Crippen LogP contribution in [0.4, 0.5) is 4.39 Å². The van der Waals surface area contributed by atoms with Crippen molar-refractivity contribution in [2.24, 2.45) is 5.92 Å². The highest BCUT2D eigenvalue weighted by atomic mass is 35.5. The Kier molecular flexibility index (Phi) is 7.81. The Morgan fingerprint density at radius 3 is 2.58 bits per heavy atom. The molecule has 1 aromatic carbocycles. The largest absolute Gasteiger partial charge is 0.379 e. The molecule has 1 N–H and O–H groups in total. The molecule has 1 saturated heterocycles. The summed E-state index contributed by atoms with van der Waals surface area (Å²) in [7, 11) is -2.35. The number of benzene rings is 1. The molecule has 0 aromatic heterocycles. The van der Waals surface area contributed by atoms with E-state index in [2.05, 4.69) is 23.5 Å². The summed E-state index contributed by atoms with van der Waals surface area (Å²) in [6.07, 6.45) is 0. The highest BCUT2D eigenvalue weighted by molar-refractivity contribution is 7.87. The van der Waals surface area contributed by atoms with Crippen molar-refractivity contribution in [2.45, 2.75) is 26.4 Å². The minimum absolute atomic E-state index is 0.0686. The van der Waals surface area contributed by atoms with E-state index in [0.29, 0.717) is 13.2 Å². The molecule has 6 nitrogen and oxygen atoms in total. The second-order valence-corrected chi connectivity index (χ2v) is 9.04. The van der Waals surface area contributed by atoms with Gasteiger partial charge in [0.05, 0.1) is 13.2 Å². The van der Waals surface area contributed by atoms with E-state index in [-0.39, 0.29) is 35.6 Å². The van der Waals surface area contributed by atoms with Gasteiger partial charge in [0.2, 0.25) is 0 Å². The molecule has 1 unspecified atom stereocenters. The van der Waals surface area contributed by atoms with Crippen LogP contribution in [0.1, 0.15) is 19.4 Å². The van der Waals surface area contributed by atoms with Crippen LogP contribution in [0.2, 0.25) is 5.02 Å². The molecule has 2 rings (SSSR count). The van der Waals surface area contributed by atoms with Crippen LogP contribution in [0, 0.1) is 11.7 Å². The number of morpholine rings is 1. The number of rotatable bonds is 8. The molecule has 0 spiro atoms. The molecular weight excluding hydrogens is 381 g/mol. The van der Waals surface area contributed by atoms with Gasteiger partial charge >= 0.3 is 0 Å². The molecular formula is C17H27ClFN3O3S. The average molecular weight is 408 g/mol. The van der Waals surface area contributed by atoms with Crippen LogP contribution in [0.25, 0.3) is 0 Å². The summed E-state index contributed by atoms with van der Waals surface area (Å²) in [5.74, 6) is -0.241. The van der Waals surface area contributed by atoms with Crippen LogP contribution in [-0.2, 0) is 21.5 Å². The quantitative estimate of drug-likeness (QED) is 0.716. The third kappa shape index (κ3) is 5.61. The molecule has 1 aliphatic rings. The van der Waals surface area contributed by atoms with Crippen LogP contribution in [0.5, 0.6) is 0 Å². The summed E-state index contributed by atoms with van der Waals surface area (Å²) < 4.78 is 48.2. The maximum Gasteiger partial charge on any atom is 0.279 e. The van der Waals surface area contributed by atoms with Gasteiger partial charge in [0.1, 0.15) is 5.82 Å². The van der Waals surface area contributed by atoms with E-state index in [4.69, 9.17) is 16.3 Å². The Balaban J connectivity index is 2.01. The van der Waals surface area contributed by atoms with Crippen molar-refractivity contribution < 1.29 is 17.5 Å². The number of hydrogen-bond donors (Lipinski definition) is 1. The van der Waals surface area contributed by atoms with Crippen LogP contribution >= 0.6 is 11.6 Å². The Morgan fingerprint density at radius 1 is 1.35 bits per heavy atom. The molecule has 9 heteroatoms. The van der Waals surface area contributed by atoms with Crippen molar-refractivity contribution in [3.8, 4) is 0 Å². The molecule has 0 amide bonds. The first-order valence-corrected chi connectivity index (χ1v) is 10.5. The van der Waals surface area contributed by atoms with E-state index in [1.807, 2.05) is 0 Å². The normalized spacial score (nSPS) is 17.8. The summed E-state index contributed by atoms with van der Waals surface area (Å²) in [6.45, 7) is 7.16. The Hall–Kier alpha value is -0.770. The second kappa shape index (κ2) is 9.43. The van der Waals surface area contributed by atoms with E-state index in [9.17, 15) is 12.8 Å². The third-order valence-electron chi connectivity index (χ3n) is 4.61. The summed E-state index contributed by atoms with van der Waals surface area (Å²) in [5, 5.41) is 0.209. The van der Waals surface area contributed by atoms with Crippen molar-refractivity contribution >= 4 is 21.8 Å². The first-order valence-electron chi connectivity index (χ1n) is 8.68. The number of nitrogens with zero attached hydrogens (tertiary/aromatic N) is 2. The van der Waals surface area contributed by atoms with E-state index in [1.54, 1.807) is 6.07 Å². The third-order valence-corrected chi connectivity index (χ3v) is 6.45. The molecule has 0 radical (unpaired) electrons. The zero-order chi connectivity index (χ0) is 19.3. The van der Waals surface area contributed by atoms with Crippen LogP contribution in [0.15, 0.2) is 18.2 Å². The number of hydrogen-bond acceptors (Lipinski definition) is 4. The van der Waals surface area contributed by atoms with E-state index in [1.165, 1.54) is 19.2 Å². The van der Waals surface area contributed by atoms with Crippen molar-refractivity contribution in [3.05, 3.63) is 34.6 Å². The van der Waals surface area contributed by atoms with Crippen molar-refractivity contribution in [3.63, 3.8) is 0 Å². The Morgan fingerprint density at radius 2 is 2.00 bits per heavy atom. The highest BCUT2D eigenvalue weighted by Crippen LogP contribution is 2.21. The van der Waals surface area contributed by atoms with E-state index >= 15 is 0 Å². The molecule has 1 aliphatic heterocycles. The number of nitrogens with one attached hydrogen (secondary N) is 1. The topological polar surface area (TPSA) is 61.9 Å². The second-order valence-electron chi connectivity index (χ2n) is 6.77. The zero-order valence-electron chi connectivity index (χ0n) is 15.4. The van der Waals surface area contributed by atoms with Gasteiger partial charge in [0.15, 0.2) is 0 Å². The van der Waals surface area contributed by atoms with Crippen molar-refractivity contribution in [2.75, 3.05) is 39.9 Å². The lowest BCUT2D eigenvalue weighted by atomic mass is 10.0. The van der Waals surface area contributed by atoms with E-state index in [0.717, 1.165) is 17.4 Å². The first kappa shape index (κ1) is 21.5. The lowest BCUT2D eigenvalue weighted by Gasteiger charge is -2.37. The zero-order valence-corrected chi connectivity index (χ0v) is 17.0.